The van der Waals surface area contributed by atoms with Crippen LogP contribution >= 0.6 is 11.3 Å². The number of hydrogen-bond donors (Lipinski definition) is 2. The summed E-state index contributed by atoms with van der Waals surface area (Å²) in [6.07, 6.45) is 8.92. The third kappa shape index (κ3) is 3.09. The molecule has 4 aliphatic rings. The molecular formula is C19H28N4OS. The zero-order chi connectivity index (χ0) is 16.6. The normalized spacial score (nSPS) is 29.5. The van der Waals surface area contributed by atoms with Crippen molar-refractivity contribution in [1.29, 1.82) is 0 Å². The largest absolute Gasteiger partial charge is 0.379 e. The molecule has 25 heavy (non-hydrogen) atoms. The molecule has 6 heteroatoms. The van der Waals surface area contributed by atoms with Crippen LogP contribution in [0.5, 0.6) is 0 Å². The molecule has 0 atom stereocenters. The quantitative estimate of drug-likeness (QED) is 0.851. The van der Waals surface area contributed by atoms with Gasteiger partial charge in [-0.1, -0.05) is 0 Å². The van der Waals surface area contributed by atoms with Gasteiger partial charge in [-0.25, -0.2) is 4.99 Å². The first kappa shape index (κ1) is 16.1. The molecule has 2 aliphatic heterocycles. The highest BCUT2D eigenvalue weighted by molar-refractivity contribution is 7.16. The van der Waals surface area contributed by atoms with Gasteiger partial charge in [-0.3, -0.25) is 4.90 Å². The van der Waals surface area contributed by atoms with E-state index in [4.69, 9.17) is 9.73 Å². The van der Waals surface area contributed by atoms with E-state index in [0.717, 1.165) is 39.0 Å². The Morgan fingerprint density at radius 1 is 1.12 bits per heavy atom. The van der Waals surface area contributed by atoms with Crippen LogP contribution in [0.25, 0.3) is 0 Å². The van der Waals surface area contributed by atoms with E-state index >= 15 is 0 Å². The highest BCUT2D eigenvalue weighted by atomic mass is 32.1. The maximum atomic E-state index is 5.50. The van der Waals surface area contributed by atoms with Crippen molar-refractivity contribution in [3.63, 3.8) is 0 Å². The van der Waals surface area contributed by atoms with Gasteiger partial charge < -0.3 is 15.4 Å². The van der Waals surface area contributed by atoms with Crippen molar-refractivity contribution in [2.24, 2.45) is 4.99 Å². The Balaban J connectivity index is 1.23. The molecule has 0 spiro atoms. The Kier molecular flexibility index (Phi) is 4.44. The summed E-state index contributed by atoms with van der Waals surface area (Å²) < 4.78 is 5.50. The third-order valence-electron chi connectivity index (χ3n) is 6.23. The topological polar surface area (TPSA) is 48.9 Å². The molecule has 1 saturated carbocycles. The van der Waals surface area contributed by atoms with Gasteiger partial charge in [-0.05, 0) is 50.5 Å². The van der Waals surface area contributed by atoms with Crippen LogP contribution in [0.1, 0.15) is 48.1 Å². The number of anilines is 1. The maximum absolute atomic E-state index is 5.50. The maximum Gasteiger partial charge on any atom is 0.133 e. The SMILES string of the molecule is C1Cc2sc3c(c2C1)C(N[C@H]1CC[C@@H](N2CCOCC2)CC1)=NCN3. The molecule has 5 rings (SSSR count). The molecule has 3 heterocycles. The fourth-order valence-electron chi connectivity index (χ4n) is 4.89. The van der Waals surface area contributed by atoms with Crippen LogP contribution in [-0.4, -0.2) is 55.8 Å². The minimum atomic E-state index is 0.582. The molecule has 5 nitrogen and oxygen atoms in total. The summed E-state index contributed by atoms with van der Waals surface area (Å²) in [7, 11) is 0. The van der Waals surface area contributed by atoms with Crippen molar-refractivity contribution in [2.75, 3.05) is 38.3 Å². The van der Waals surface area contributed by atoms with Crippen molar-refractivity contribution in [3.8, 4) is 0 Å². The number of aliphatic imine (C=N–C) groups is 1. The number of rotatable bonds is 2. The van der Waals surface area contributed by atoms with Crippen LogP contribution in [0.4, 0.5) is 5.00 Å². The van der Waals surface area contributed by atoms with Gasteiger partial charge >= 0.3 is 0 Å². The molecule has 1 aromatic rings. The van der Waals surface area contributed by atoms with Crippen molar-refractivity contribution in [3.05, 3.63) is 16.0 Å². The number of nitrogens with zero attached hydrogens (tertiary/aromatic N) is 2. The molecule has 1 aromatic heterocycles. The van der Waals surface area contributed by atoms with E-state index in [0.29, 0.717) is 6.04 Å². The van der Waals surface area contributed by atoms with E-state index in [1.54, 1.807) is 10.4 Å². The lowest BCUT2D eigenvalue weighted by atomic mass is 9.89. The second kappa shape index (κ2) is 6.89. The number of hydrogen-bond acceptors (Lipinski definition) is 6. The molecule has 0 aromatic carbocycles. The Labute approximate surface area is 153 Å². The molecule has 1 saturated heterocycles. The number of ether oxygens (including phenoxy) is 1. The minimum Gasteiger partial charge on any atom is -0.379 e. The Hall–Kier alpha value is -1.11. The third-order valence-corrected chi connectivity index (χ3v) is 7.48. The Bertz CT molecular complexity index is 657. The minimum absolute atomic E-state index is 0.582. The molecule has 0 unspecified atom stereocenters. The lowest BCUT2D eigenvalue weighted by Crippen LogP contribution is -2.48. The lowest BCUT2D eigenvalue weighted by Gasteiger charge is -2.39. The van der Waals surface area contributed by atoms with Gasteiger partial charge in [-0.15, -0.1) is 11.3 Å². The number of nitrogens with one attached hydrogen (secondary N) is 2. The summed E-state index contributed by atoms with van der Waals surface area (Å²) >= 11 is 1.96. The number of morpholine rings is 1. The van der Waals surface area contributed by atoms with Gasteiger partial charge in [-0.2, -0.15) is 0 Å². The average Bonchev–Trinajstić information content (AvgIpc) is 3.24. The summed E-state index contributed by atoms with van der Waals surface area (Å²) in [6.45, 7) is 4.77. The number of amidine groups is 1. The van der Waals surface area contributed by atoms with Crippen molar-refractivity contribution < 1.29 is 4.74 Å². The summed E-state index contributed by atoms with van der Waals surface area (Å²) in [4.78, 5) is 9.03. The van der Waals surface area contributed by atoms with Crippen molar-refractivity contribution >= 4 is 22.2 Å². The van der Waals surface area contributed by atoms with Gasteiger partial charge in [0, 0.05) is 30.1 Å². The van der Waals surface area contributed by atoms with E-state index in [1.165, 1.54) is 61.3 Å². The van der Waals surface area contributed by atoms with E-state index in [1.807, 2.05) is 11.3 Å². The molecule has 2 aliphatic carbocycles. The van der Waals surface area contributed by atoms with Crippen molar-refractivity contribution in [2.45, 2.75) is 57.0 Å². The summed E-state index contributed by atoms with van der Waals surface area (Å²) in [6, 6.07) is 1.34. The van der Waals surface area contributed by atoms with Crippen LogP contribution in [0, 0.1) is 0 Å². The summed E-state index contributed by atoms with van der Waals surface area (Å²) in [5.74, 6) is 1.17. The van der Waals surface area contributed by atoms with Crippen LogP contribution in [0.15, 0.2) is 4.99 Å². The number of thiophene rings is 1. The highest BCUT2D eigenvalue weighted by Crippen LogP contribution is 2.40. The second-order valence-corrected chi connectivity index (χ2v) is 8.81. The van der Waals surface area contributed by atoms with Gasteiger partial charge in [0.05, 0.1) is 18.8 Å². The average molecular weight is 361 g/mol. The summed E-state index contributed by atoms with van der Waals surface area (Å²) in [5, 5.41) is 8.66. The smallest absolute Gasteiger partial charge is 0.133 e. The molecule has 0 radical (unpaired) electrons. The molecule has 0 amide bonds. The second-order valence-electron chi connectivity index (χ2n) is 7.70. The van der Waals surface area contributed by atoms with E-state index < -0.39 is 0 Å². The standard InChI is InChI=1S/C19H28N4OS/c1-2-15-16(3-1)25-19-17(15)18(20-12-21-19)22-13-4-6-14(7-5-13)23-8-10-24-11-9-23/h13-14,21H,1-12H2,(H,20,22)/t13-,14+. The molecule has 2 N–H and O–H groups in total. The van der Waals surface area contributed by atoms with Gasteiger partial charge in [0.2, 0.25) is 0 Å². The predicted octanol–water partition coefficient (Wildman–Crippen LogP) is 2.60. The van der Waals surface area contributed by atoms with E-state index in [9.17, 15) is 0 Å². The van der Waals surface area contributed by atoms with Crippen LogP contribution in [0.3, 0.4) is 0 Å². The van der Waals surface area contributed by atoms with Crippen LogP contribution in [-0.2, 0) is 17.6 Å². The zero-order valence-corrected chi connectivity index (χ0v) is 15.7. The first-order valence-corrected chi connectivity index (χ1v) is 10.7. The van der Waals surface area contributed by atoms with Gasteiger partial charge in [0.1, 0.15) is 17.5 Å². The van der Waals surface area contributed by atoms with E-state index in [-0.39, 0.29) is 0 Å². The lowest BCUT2D eigenvalue weighted by molar-refractivity contribution is 0.00704. The highest BCUT2D eigenvalue weighted by Gasteiger charge is 2.31. The van der Waals surface area contributed by atoms with Crippen LogP contribution < -0.4 is 10.6 Å². The summed E-state index contributed by atoms with van der Waals surface area (Å²) in [5.41, 5.74) is 2.97. The fraction of sp³-hybridized carbons (Fsp3) is 0.737. The van der Waals surface area contributed by atoms with Crippen molar-refractivity contribution in [1.82, 2.24) is 10.2 Å². The van der Waals surface area contributed by atoms with Gasteiger partial charge in [0.25, 0.3) is 0 Å². The zero-order valence-electron chi connectivity index (χ0n) is 14.9. The van der Waals surface area contributed by atoms with Gasteiger partial charge in [0.15, 0.2) is 0 Å². The molecule has 0 bridgehead atoms. The molecular weight excluding hydrogens is 332 g/mol. The Morgan fingerprint density at radius 3 is 2.80 bits per heavy atom. The Morgan fingerprint density at radius 2 is 1.96 bits per heavy atom. The fourth-order valence-corrected chi connectivity index (χ4v) is 6.17. The molecule has 2 fully saturated rings. The predicted molar refractivity (Wildman–Crippen MR) is 103 cm³/mol. The number of fused-ring (bicyclic) bond motifs is 3. The van der Waals surface area contributed by atoms with E-state index in [2.05, 4.69) is 15.5 Å². The first-order chi connectivity index (χ1) is 12.4. The monoisotopic (exact) mass is 360 g/mol. The number of aryl methyl sites for hydroxylation is 1. The first-order valence-electron chi connectivity index (χ1n) is 9.90. The van der Waals surface area contributed by atoms with Crippen LogP contribution in [0.2, 0.25) is 0 Å². The molecule has 136 valence electrons.